The van der Waals surface area contributed by atoms with Gasteiger partial charge in [-0.25, -0.2) is 4.99 Å². The predicted octanol–water partition coefficient (Wildman–Crippen LogP) is 3.65. The summed E-state index contributed by atoms with van der Waals surface area (Å²) in [4.78, 5) is 6.77. The first-order valence-corrected chi connectivity index (χ1v) is 9.59. The Hall–Kier alpha value is -2.36. The van der Waals surface area contributed by atoms with Gasteiger partial charge in [0, 0.05) is 32.9 Å². The van der Waals surface area contributed by atoms with E-state index in [-0.39, 0.29) is 24.0 Å². The zero-order chi connectivity index (χ0) is 21.2. The van der Waals surface area contributed by atoms with Crippen molar-refractivity contribution in [1.29, 1.82) is 0 Å². The quantitative estimate of drug-likeness (QED) is 0.294. The molecule has 0 bridgehead atoms. The Morgan fingerprint density at radius 3 is 1.97 bits per heavy atom. The van der Waals surface area contributed by atoms with Gasteiger partial charge in [0.1, 0.15) is 0 Å². The van der Waals surface area contributed by atoms with Crippen LogP contribution in [0.25, 0.3) is 0 Å². The summed E-state index contributed by atoms with van der Waals surface area (Å²) in [5.41, 5.74) is 3.33. The molecule has 0 aliphatic heterocycles. The number of guanidine groups is 1. The predicted molar refractivity (Wildman–Crippen MR) is 134 cm³/mol. The van der Waals surface area contributed by atoms with E-state index in [1.54, 1.807) is 21.3 Å². The van der Waals surface area contributed by atoms with Gasteiger partial charge in [0.15, 0.2) is 17.5 Å². The Balaban J connectivity index is 0.00000450. The minimum atomic E-state index is 0. The van der Waals surface area contributed by atoms with Crippen LogP contribution in [0, 0.1) is 0 Å². The average molecular weight is 528 g/mol. The number of benzene rings is 2. The standard InChI is InChI=1S/C22H32N4O3.HI/c1-7-23-22(24-14-16-8-10-18(11-9-16)26(2)3)25-15-17-12-19(27-4)21(29-6)20(13-17)28-5;/h8-13H,7,14-15H2,1-6H3,(H2,23,24,25);1H. The summed E-state index contributed by atoms with van der Waals surface area (Å²) in [5.74, 6) is 2.57. The summed E-state index contributed by atoms with van der Waals surface area (Å²) >= 11 is 0. The first-order valence-electron chi connectivity index (χ1n) is 9.59. The van der Waals surface area contributed by atoms with Gasteiger partial charge in [-0.2, -0.15) is 0 Å². The molecule has 0 saturated carbocycles. The lowest BCUT2D eigenvalue weighted by Gasteiger charge is -2.15. The van der Waals surface area contributed by atoms with E-state index in [0.29, 0.717) is 30.3 Å². The molecule has 0 fully saturated rings. The molecule has 8 heteroatoms. The van der Waals surface area contributed by atoms with Crippen molar-refractivity contribution in [3.8, 4) is 17.2 Å². The number of halogens is 1. The number of nitrogens with zero attached hydrogens (tertiary/aromatic N) is 2. The van der Waals surface area contributed by atoms with Crippen LogP contribution in [-0.4, -0.2) is 47.9 Å². The Morgan fingerprint density at radius 1 is 0.900 bits per heavy atom. The summed E-state index contributed by atoms with van der Waals surface area (Å²) in [5, 5.41) is 6.65. The number of methoxy groups -OCH3 is 3. The molecule has 7 nitrogen and oxygen atoms in total. The Labute approximate surface area is 196 Å². The van der Waals surface area contributed by atoms with Crippen LogP contribution in [0.15, 0.2) is 41.4 Å². The minimum Gasteiger partial charge on any atom is -0.493 e. The maximum Gasteiger partial charge on any atom is 0.203 e. The van der Waals surface area contributed by atoms with Crippen LogP contribution < -0.4 is 29.7 Å². The van der Waals surface area contributed by atoms with E-state index in [1.165, 1.54) is 11.3 Å². The van der Waals surface area contributed by atoms with Gasteiger partial charge in [-0.05, 0) is 42.3 Å². The average Bonchev–Trinajstić information content (AvgIpc) is 2.74. The van der Waals surface area contributed by atoms with Crippen LogP contribution in [-0.2, 0) is 13.1 Å². The molecule has 0 aromatic heterocycles. The molecule has 0 amide bonds. The van der Waals surface area contributed by atoms with Gasteiger partial charge in [0.2, 0.25) is 5.75 Å². The largest absolute Gasteiger partial charge is 0.493 e. The molecule has 0 radical (unpaired) electrons. The number of anilines is 1. The SMILES string of the molecule is CCNC(=NCc1cc(OC)c(OC)c(OC)c1)NCc1ccc(N(C)C)cc1.I. The minimum absolute atomic E-state index is 0. The van der Waals surface area contributed by atoms with Gasteiger partial charge in [-0.1, -0.05) is 12.1 Å². The van der Waals surface area contributed by atoms with E-state index >= 15 is 0 Å². The normalized spacial score (nSPS) is 10.7. The zero-order valence-corrected chi connectivity index (χ0v) is 20.9. The maximum absolute atomic E-state index is 5.42. The second-order valence-corrected chi connectivity index (χ2v) is 6.64. The molecule has 30 heavy (non-hydrogen) atoms. The lowest BCUT2D eigenvalue weighted by atomic mass is 10.2. The van der Waals surface area contributed by atoms with Crippen molar-refractivity contribution < 1.29 is 14.2 Å². The monoisotopic (exact) mass is 528 g/mol. The molecule has 0 aliphatic rings. The Morgan fingerprint density at radius 2 is 1.50 bits per heavy atom. The van der Waals surface area contributed by atoms with Gasteiger partial charge < -0.3 is 29.7 Å². The molecule has 2 N–H and O–H groups in total. The number of ether oxygens (including phenoxy) is 3. The highest BCUT2D eigenvalue weighted by Gasteiger charge is 2.13. The molecule has 0 unspecified atom stereocenters. The molecule has 166 valence electrons. The third kappa shape index (κ3) is 7.16. The molecular formula is C22H33IN4O3. The lowest BCUT2D eigenvalue weighted by Crippen LogP contribution is -2.36. The number of aliphatic imine (C=N–C) groups is 1. The van der Waals surface area contributed by atoms with Crippen LogP contribution in [0.1, 0.15) is 18.1 Å². The first-order chi connectivity index (χ1) is 14.0. The van der Waals surface area contributed by atoms with Crippen LogP contribution in [0.3, 0.4) is 0 Å². The van der Waals surface area contributed by atoms with Crippen molar-refractivity contribution >= 4 is 35.6 Å². The molecular weight excluding hydrogens is 495 g/mol. The van der Waals surface area contributed by atoms with E-state index in [2.05, 4.69) is 44.8 Å². The summed E-state index contributed by atoms with van der Waals surface area (Å²) < 4.78 is 16.2. The molecule has 2 aromatic carbocycles. The first kappa shape index (κ1) is 25.7. The highest BCUT2D eigenvalue weighted by molar-refractivity contribution is 14.0. The van der Waals surface area contributed by atoms with Crippen LogP contribution in [0.5, 0.6) is 17.2 Å². The van der Waals surface area contributed by atoms with Crippen molar-refractivity contribution in [2.24, 2.45) is 4.99 Å². The van der Waals surface area contributed by atoms with Crippen molar-refractivity contribution in [3.05, 3.63) is 47.5 Å². The second kappa shape index (κ2) is 13.0. The number of nitrogens with one attached hydrogen (secondary N) is 2. The summed E-state index contributed by atoms with van der Waals surface area (Å²) in [6.07, 6.45) is 0. The number of hydrogen-bond acceptors (Lipinski definition) is 5. The third-order valence-corrected chi connectivity index (χ3v) is 4.40. The number of rotatable bonds is 9. The Bertz CT molecular complexity index is 786. The van der Waals surface area contributed by atoms with E-state index in [1.807, 2.05) is 33.2 Å². The summed E-state index contributed by atoms with van der Waals surface area (Å²) in [6, 6.07) is 12.3. The van der Waals surface area contributed by atoms with E-state index < -0.39 is 0 Å². The molecule has 0 aliphatic carbocycles. The molecule has 0 spiro atoms. The van der Waals surface area contributed by atoms with Gasteiger partial charge in [-0.3, -0.25) is 0 Å². The highest BCUT2D eigenvalue weighted by atomic mass is 127. The van der Waals surface area contributed by atoms with E-state index in [9.17, 15) is 0 Å². The van der Waals surface area contributed by atoms with Gasteiger partial charge in [-0.15, -0.1) is 24.0 Å². The molecule has 0 atom stereocenters. The van der Waals surface area contributed by atoms with Gasteiger partial charge in [0.05, 0.1) is 27.9 Å². The fraction of sp³-hybridized carbons (Fsp3) is 0.409. The van der Waals surface area contributed by atoms with Crippen molar-refractivity contribution in [3.63, 3.8) is 0 Å². The topological polar surface area (TPSA) is 67.4 Å². The fourth-order valence-corrected chi connectivity index (χ4v) is 2.84. The third-order valence-electron chi connectivity index (χ3n) is 4.40. The van der Waals surface area contributed by atoms with Gasteiger partial charge in [0.25, 0.3) is 0 Å². The maximum atomic E-state index is 5.42. The van der Waals surface area contributed by atoms with Crippen molar-refractivity contribution in [2.75, 3.05) is 46.9 Å². The van der Waals surface area contributed by atoms with Crippen LogP contribution >= 0.6 is 24.0 Å². The highest BCUT2D eigenvalue weighted by Crippen LogP contribution is 2.38. The molecule has 0 heterocycles. The van der Waals surface area contributed by atoms with Gasteiger partial charge >= 0.3 is 0 Å². The molecule has 2 aromatic rings. The van der Waals surface area contributed by atoms with Crippen LogP contribution in [0.2, 0.25) is 0 Å². The zero-order valence-electron chi connectivity index (χ0n) is 18.6. The summed E-state index contributed by atoms with van der Waals surface area (Å²) in [6.45, 7) is 3.99. The van der Waals surface area contributed by atoms with E-state index in [4.69, 9.17) is 14.2 Å². The smallest absolute Gasteiger partial charge is 0.203 e. The second-order valence-electron chi connectivity index (χ2n) is 6.64. The van der Waals surface area contributed by atoms with Crippen LogP contribution in [0.4, 0.5) is 5.69 Å². The lowest BCUT2D eigenvalue weighted by molar-refractivity contribution is 0.324. The van der Waals surface area contributed by atoms with E-state index in [0.717, 1.165) is 18.1 Å². The fourth-order valence-electron chi connectivity index (χ4n) is 2.84. The Kier molecular flexibility index (Phi) is 11.2. The van der Waals surface area contributed by atoms with Crippen molar-refractivity contribution in [2.45, 2.75) is 20.0 Å². The van der Waals surface area contributed by atoms with Crippen molar-refractivity contribution in [1.82, 2.24) is 10.6 Å². The summed E-state index contributed by atoms with van der Waals surface area (Å²) in [7, 11) is 8.88. The molecule has 2 rings (SSSR count). The molecule has 0 saturated heterocycles. The number of hydrogen-bond donors (Lipinski definition) is 2.